The van der Waals surface area contributed by atoms with Gasteiger partial charge in [-0.15, -0.1) is 0 Å². The molecule has 0 spiro atoms. The molecule has 0 aliphatic carbocycles. The average Bonchev–Trinajstić information content (AvgIpc) is 2.75. The molecule has 19 heavy (non-hydrogen) atoms. The maximum absolute atomic E-state index is 5.60. The van der Waals surface area contributed by atoms with Crippen molar-refractivity contribution in [3.63, 3.8) is 0 Å². The second-order valence-corrected chi connectivity index (χ2v) is 4.88. The number of anilines is 1. The molecular weight excluding hydrogens is 238 g/mol. The summed E-state index contributed by atoms with van der Waals surface area (Å²) in [7, 11) is 3.97. The van der Waals surface area contributed by atoms with E-state index in [1.165, 1.54) is 11.1 Å². The molecule has 0 aliphatic heterocycles. The predicted octanol–water partition coefficient (Wildman–Crippen LogP) is 2.65. The maximum atomic E-state index is 5.60. The van der Waals surface area contributed by atoms with Gasteiger partial charge in [-0.05, 0) is 50.2 Å². The van der Waals surface area contributed by atoms with Gasteiger partial charge in [0.15, 0.2) is 0 Å². The van der Waals surface area contributed by atoms with Crippen molar-refractivity contribution in [3.05, 3.63) is 47.0 Å². The average molecular weight is 259 g/mol. The number of nitrogens with zero attached hydrogens (tertiary/aromatic N) is 2. The Morgan fingerprint density at radius 3 is 2.68 bits per heavy atom. The zero-order valence-electron chi connectivity index (χ0n) is 12.0. The van der Waals surface area contributed by atoms with E-state index in [0.29, 0.717) is 0 Å². The summed E-state index contributed by atoms with van der Waals surface area (Å²) < 4.78 is 5.60. The van der Waals surface area contributed by atoms with Crippen LogP contribution in [-0.2, 0) is 13.1 Å². The molecule has 0 saturated carbocycles. The lowest BCUT2D eigenvalue weighted by Crippen LogP contribution is -2.19. The fraction of sp³-hybridized carbons (Fsp3) is 0.400. The van der Waals surface area contributed by atoms with Gasteiger partial charge in [0.25, 0.3) is 0 Å². The molecule has 2 aromatic heterocycles. The minimum absolute atomic E-state index is 0.729. The SMILES string of the molecule is CNCc1cnc(N(C)Cc2ccc(C)o2)c(C)c1. The molecule has 0 radical (unpaired) electrons. The molecule has 0 bridgehead atoms. The molecule has 0 aromatic carbocycles. The third kappa shape index (κ3) is 3.35. The highest BCUT2D eigenvalue weighted by Gasteiger charge is 2.09. The fourth-order valence-corrected chi connectivity index (χ4v) is 2.20. The Kier molecular flexibility index (Phi) is 4.22. The molecule has 2 heterocycles. The summed E-state index contributed by atoms with van der Waals surface area (Å²) in [6, 6.07) is 6.17. The van der Waals surface area contributed by atoms with Gasteiger partial charge in [-0.1, -0.05) is 0 Å². The van der Waals surface area contributed by atoms with Crippen LogP contribution in [0.3, 0.4) is 0 Å². The number of hydrogen-bond donors (Lipinski definition) is 1. The van der Waals surface area contributed by atoms with Crippen LogP contribution in [0, 0.1) is 13.8 Å². The summed E-state index contributed by atoms with van der Waals surface area (Å²) in [5.74, 6) is 2.90. The highest BCUT2D eigenvalue weighted by Crippen LogP contribution is 2.19. The van der Waals surface area contributed by atoms with Gasteiger partial charge in [0.2, 0.25) is 0 Å². The van der Waals surface area contributed by atoms with Gasteiger partial charge in [0, 0.05) is 19.8 Å². The highest BCUT2D eigenvalue weighted by atomic mass is 16.3. The van der Waals surface area contributed by atoms with E-state index in [9.17, 15) is 0 Å². The summed E-state index contributed by atoms with van der Waals surface area (Å²) >= 11 is 0. The number of aromatic nitrogens is 1. The Bertz CT molecular complexity index is 548. The lowest BCUT2D eigenvalue weighted by Gasteiger charge is -2.19. The number of aryl methyl sites for hydroxylation is 2. The molecule has 0 saturated heterocycles. The Balaban J connectivity index is 2.12. The lowest BCUT2D eigenvalue weighted by molar-refractivity contribution is 0.481. The van der Waals surface area contributed by atoms with E-state index in [1.54, 1.807) is 0 Å². The third-order valence-corrected chi connectivity index (χ3v) is 3.04. The normalized spacial score (nSPS) is 10.7. The molecule has 0 atom stereocenters. The van der Waals surface area contributed by atoms with Gasteiger partial charge >= 0.3 is 0 Å². The molecule has 4 heteroatoms. The van der Waals surface area contributed by atoms with Crippen molar-refractivity contribution < 1.29 is 4.42 Å². The number of nitrogens with one attached hydrogen (secondary N) is 1. The summed E-state index contributed by atoms with van der Waals surface area (Å²) in [5.41, 5.74) is 2.38. The van der Waals surface area contributed by atoms with Crippen molar-refractivity contribution >= 4 is 5.82 Å². The molecule has 2 rings (SSSR count). The van der Waals surface area contributed by atoms with E-state index < -0.39 is 0 Å². The first-order valence-corrected chi connectivity index (χ1v) is 6.46. The van der Waals surface area contributed by atoms with Gasteiger partial charge in [-0.2, -0.15) is 0 Å². The topological polar surface area (TPSA) is 41.3 Å². The summed E-state index contributed by atoms with van der Waals surface area (Å²) in [6.07, 6.45) is 1.92. The van der Waals surface area contributed by atoms with Gasteiger partial charge in [0.1, 0.15) is 17.3 Å². The monoisotopic (exact) mass is 259 g/mol. The van der Waals surface area contributed by atoms with E-state index >= 15 is 0 Å². The van der Waals surface area contributed by atoms with Crippen molar-refractivity contribution in [3.8, 4) is 0 Å². The summed E-state index contributed by atoms with van der Waals surface area (Å²) in [4.78, 5) is 6.65. The van der Waals surface area contributed by atoms with Gasteiger partial charge in [-0.25, -0.2) is 4.98 Å². The molecule has 1 N–H and O–H groups in total. The van der Waals surface area contributed by atoms with Gasteiger partial charge in [0.05, 0.1) is 6.54 Å². The Morgan fingerprint density at radius 2 is 2.11 bits per heavy atom. The first kappa shape index (κ1) is 13.6. The van der Waals surface area contributed by atoms with Crippen molar-refractivity contribution in [2.45, 2.75) is 26.9 Å². The molecule has 102 valence electrons. The second kappa shape index (κ2) is 5.89. The molecule has 0 unspecified atom stereocenters. The largest absolute Gasteiger partial charge is 0.464 e. The Hall–Kier alpha value is -1.81. The van der Waals surface area contributed by atoms with E-state index in [0.717, 1.165) is 30.4 Å². The number of hydrogen-bond acceptors (Lipinski definition) is 4. The van der Waals surface area contributed by atoms with Gasteiger partial charge < -0.3 is 14.6 Å². The van der Waals surface area contributed by atoms with Crippen LogP contribution < -0.4 is 10.2 Å². The molecule has 2 aromatic rings. The number of pyridine rings is 1. The van der Waals surface area contributed by atoms with E-state index in [4.69, 9.17) is 4.42 Å². The zero-order chi connectivity index (χ0) is 13.8. The van der Waals surface area contributed by atoms with E-state index in [-0.39, 0.29) is 0 Å². The van der Waals surface area contributed by atoms with Crippen LogP contribution in [0.25, 0.3) is 0 Å². The number of rotatable bonds is 5. The number of furan rings is 1. The quantitative estimate of drug-likeness (QED) is 0.896. The van der Waals surface area contributed by atoms with Crippen LogP contribution in [0.1, 0.15) is 22.6 Å². The Labute approximate surface area is 114 Å². The van der Waals surface area contributed by atoms with Crippen LogP contribution in [0.5, 0.6) is 0 Å². The highest BCUT2D eigenvalue weighted by molar-refractivity contribution is 5.46. The van der Waals surface area contributed by atoms with Crippen LogP contribution in [-0.4, -0.2) is 19.1 Å². The fourth-order valence-electron chi connectivity index (χ4n) is 2.20. The van der Waals surface area contributed by atoms with Crippen LogP contribution >= 0.6 is 0 Å². The van der Waals surface area contributed by atoms with Crippen LogP contribution in [0.2, 0.25) is 0 Å². The molecule has 0 amide bonds. The van der Waals surface area contributed by atoms with Crippen molar-refractivity contribution in [1.29, 1.82) is 0 Å². The minimum atomic E-state index is 0.729. The van der Waals surface area contributed by atoms with Gasteiger partial charge in [-0.3, -0.25) is 0 Å². The summed E-state index contributed by atoms with van der Waals surface area (Å²) in [5, 5.41) is 3.13. The molecule has 0 aliphatic rings. The lowest BCUT2D eigenvalue weighted by atomic mass is 10.2. The molecular formula is C15H21N3O. The first-order valence-electron chi connectivity index (χ1n) is 6.46. The van der Waals surface area contributed by atoms with Crippen molar-refractivity contribution in [2.75, 3.05) is 19.0 Å². The third-order valence-electron chi connectivity index (χ3n) is 3.04. The van der Waals surface area contributed by atoms with Crippen molar-refractivity contribution in [2.24, 2.45) is 0 Å². The van der Waals surface area contributed by atoms with E-state index in [2.05, 4.69) is 28.2 Å². The maximum Gasteiger partial charge on any atom is 0.131 e. The summed E-state index contributed by atoms with van der Waals surface area (Å²) in [6.45, 7) is 5.62. The van der Waals surface area contributed by atoms with Crippen molar-refractivity contribution in [1.82, 2.24) is 10.3 Å². The standard InChI is InChI=1S/C15H21N3O/c1-11-7-13(8-16-3)9-17-15(11)18(4)10-14-6-5-12(2)19-14/h5-7,9,16H,8,10H2,1-4H3. The predicted molar refractivity (Wildman–Crippen MR) is 77.3 cm³/mol. The smallest absolute Gasteiger partial charge is 0.131 e. The van der Waals surface area contributed by atoms with E-state index in [1.807, 2.05) is 39.3 Å². The zero-order valence-corrected chi connectivity index (χ0v) is 12.0. The van der Waals surface area contributed by atoms with Crippen LogP contribution in [0.15, 0.2) is 28.8 Å². The molecule has 0 fully saturated rings. The molecule has 4 nitrogen and oxygen atoms in total. The second-order valence-electron chi connectivity index (χ2n) is 4.88. The van der Waals surface area contributed by atoms with Crippen LogP contribution in [0.4, 0.5) is 5.82 Å². The Morgan fingerprint density at radius 1 is 1.32 bits per heavy atom. The minimum Gasteiger partial charge on any atom is -0.464 e. The first-order chi connectivity index (χ1) is 9.10.